The minimum atomic E-state index is -0.960. The van der Waals surface area contributed by atoms with Crippen molar-refractivity contribution in [3.05, 3.63) is 51.6 Å². The molecule has 0 saturated heterocycles. The predicted octanol–water partition coefficient (Wildman–Crippen LogP) is 9.68. The summed E-state index contributed by atoms with van der Waals surface area (Å²) in [5.41, 5.74) is 5.97. The predicted molar refractivity (Wildman–Crippen MR) is 159 cm³/mol. The summed E-state index contributed by atoms with van der Waals surface area (Å²) >= 11 is 0. The van der Waals surface area contributed by atoms with Crippen LogP contribution in [-0.4, -0.2) is 16.2 Å². The van der Waals surface area contributed by atoms with E-state index in [0.717, 1.165) is 31.2 Å². The van der Waals surface area contributed by atoms with E-state index in [1.165, 1.54) is 16.7 Å². The van der Waals surface area contributed by atoms with Crippen LogP contribution in [0.2, 0.25) is 0 Å². The van der Waals surface area contributed by atoms with Crippen LogP contribution in [0.1, 0.15) is 147 Å². The van der Waals surface area contributed by atoms with Crippen molar-refractivity contribution in [1.82, 2.24) is 0 Å². The van der Waals surface area contributed by atoms with Gasteiger partial charge in [-0.1, -0.05) is 115 Å². The van der Waals surface area contributed by atoms with Gasteiger partial charge in [-0.3, -0.25) is 0 Å². The topological polar surface area (TPSA) is 57.5 Å². The Hall–Kier alpha value is -2.29. The number of rotatable bonds is 6. The first-order valence-corrected chi connectivity index (χ1v) is 14.0. The third kappa shape index (κ3) is 6.59. The Balaban J connectivity index is 3.24. The smallest absolute Gasteiger partial charge is 0.336 e. The summed E-state index contributed by atoms with van der Waals surface area (Å²) in [6.07, 6.45) is 4.36. The molecule has 0 heterocycles. The number of aromatic hydroxyl groups is 1. The number of hydrogen-bond acceptors (Lipinski definition) is 2. The summed E-state index contributed by atoms with van der Waals surface area (Å²) < 4.78 is 0. The summed E-state index contributed by atoms with van der Waals surface area (Å²) in [6.45, 7) is 27.9. The molecule has 0 unspecified atom stereocenters. The number of carboxylic acid groups (broad SMARTS) is 1. The SMILES string of the molecule is CCCCCc1c(C(C)(C)C)ccc(-c2c(C(=O)O)cc(C(C)(C)C)c(O)c2C(C)(C)C)c1C(C)(C)C. The van der Waals surface area contributed by atoms with Gasteiger partial charge in [0.15, 0.2) is 0 Å². The van der Waals surface area contributed by atoms with Crippen LogP contribution >= 0.6 is 0 Å². The van der Waals surface area contributed by atoms with Crippen LogP contribution in [0.25, 0.3) is 11.1 Å². The van der Waals surface area contributed by atoms with Crippen molar-refractivity contribution in [3.63, 3.8) is 0 Å². The average molecular weight is 509 g/mol. The largest absolute Gasteiger partial charge is 0.507 e. The minimum Gasteiger partial charge on any atom is -0.507 e. The van der Waals surface area contributed by atoms with E-state index in [1.807, 2.05) is 20.8 Å². The lowest BCUT2D eigenvalue weighted by Crippen LogP contribution is -2.25. The lowest BCUT2D eigenvalue weighted by atomic mass is 9.68. The minimum absolute atomic E-state index is 0.0409. The maximum atomic E-state index is 12.9. The molecule has 2 N–H and O–H groups in total. The fourth-order valence-electron chi connectivity index (χ4n) is 5.65. The number of carbonyl (C=O) groups is 1. The summed E-state index contributed by atoms with van der Waals surface area (Å²) in [5.74, 6) is -0.745. The maximum Gasteiger partial charge on any atom is 0.336 e. The number of unbranched alkanes of at least 4 members (excludes halogenated alkanes) is 2. The van der Waals surface area contributed by atoms with E-state index >= 15 is 0 Å². The molecule has 0 aliphatic rings. The highest BCUT2D eigenvalue weighted by Crippen LogP contribution is 2.50. The quantitative estimate of drug-likeness (QED) is 0.382. The zero-order valence-corrected chi connectivity index (χ0v) is 25.9. The molecular weight excluding hydrogens is 456 g/mol. The van der Waals surface area contributed by atoms with Crippen LogP contribution in [0.4, 0.5) is 0 Å². The van der Waals surface area contributed by atoms with Crippen LogP contribution < -0.4 is 0 Å². The molecule has 3 heteroatoms. The number of hydrogen-bond donors (Lipinski definition) is 2. The van der Waals surface area contributed by atoms with Gasteiger partial charge < -0.3 is 10.2 Å². The standard InChI is InChI=1S/C34H52O3/c1-14-15-16-17-21-24(31(2,3)4)19-18-22(27(21)33(8,9)10)26-23(30(36)37)20-25(32(5,6)7)29(35)28(26)34(11,12)13/h18-20,35H,14-17H2,1-13H3,(H,36,37). The lowest BCUT2D eigenvalue weighted by Gasteiger charge is -2.36. The second kappa shape index (κ2) is 10.5. The van der Waals surface area contributed by atoms with E-state index in [9.17, 15) is 15.0 Å². The van der Waals surface area contributed by atoms with Gasteiger partial charge >= 0.3 is 5.97 Å². The molecule has 0 aliphatic heterocycles. The Morgan fingerprint density at radius 3 is 1.65 bits per heavy atom. The highest BCUT2D eigenvalue weighted by Gasteiger charge is 2.36. The summed E-state index contributed by atoms with van der Waals surface area (Å²) in [5, 5.41) is 22.3. The van der Waals surface area contributed by atoms with Gasteiger partial charge in [0.2, 0.25) is 0 Å². The lowest BCUT2D eigenvalue weighted by molar-refractivity contribution is 0.0697. The fourth-order valence-corrected chi connectivity index (χ4v) is 5.65. The van der Waals surface area contributed by atoms with E-state index in [4.69, 9.17) is 0 Å². The third-order valence-corrected chi connectivity index (χ3v) is 7.26. The van der Waals surface area contributed by atoms with Crippen LogP contribution in [-0.2, 0) is 28.1 Å². The Morgan fingerprint density at radius 1 is 0.730 bits per heavy atom. The Kier molecular flexibility index (Phi) is 8.75. The Morgan fingerprint density at radius 2 is 1.24 bits per heavy atom. The zero-order chi connectivity index (χ0) is 28.7. The summed E-state index contributed by atoms with van der Waals surface area (Å²) in [7, 11) is 0. The van der Waals surface area contributed by atoms with E-state index in [1.54, 1.807) is 6.07 Å². The number of aromatic carboxylic acids is 1. The van der Waals surface area contributed by atoms with E-state index in [-0.39, 0.29) is 22.1 Å². The van der Waals surface area contributed by atoms with Gasteiger partial charge in [0.25, 0.3) is 0 Å². The molecule has 2 aromatic rings. The number of phenolic OH excluding ortho intramolecular Hbond substituents is 1. The molecule has 37 heavy (non-hydrogen) atoms. The van der Waals surface area contributed by atoms with Crippen molar-refractivity contribution < 1.29 is 15.0 Å². The monoisotopic (exact) mass is 508 g/mol. The van der Waals surface area contributed by atoms with Gasteiger partial charge in [-0.2, -0.15) is 0 Å². The van der Waals surface area contributed by atoms with Gasteiger partial charge in [-0.05, 0) is 62.8 Å². The Labute approximate surface area is 226 Å². The molecule has 2 aromatic carbocycles. The second-order valence-corrected chi connectivity index (χ2v) is 14.8. The average Bonchev–Trinajstić information content (AvgIpc) is 2.69. The molecule has 206 valence electrons. The molecule has 0 aliphatic carbocycles. The highest BCUT2D eigenvalue weighted by molar-refractivity contribution is 5.99. The highest BCUT2D eigenvalue weighted by atomic mass is 16.4. The van der Waals surface area contributed by atoms with Crippen LogP contribution in [0, 0.1) is 0 Å². The molecule has 0 saturated carbocycles. The first-order valence-electron chi connectivity index (χ1n) is 14.0. The molecule has 2 rings (SSSR count). The molecule has 0 aromatic heterocycles. The molecular formula is C34H52O3. The van der Waals surface area contributed by atoms with E-state index in [2.05, 4.69) is 81.4 Å². The second-order valence-electron chi connectivity index (χ2n) is 14.8. The molecule has 0 fully saturated rings. The summed E-state index contributed by atoms with van der Waals surface area (Å²) in [4.78, 5) is 12.9. The fraction of sp³-hybridized carbons (Fsp3) is 0.618. The van der Waals surface area contributed by atoms with E-state index in [0.29, 0.717) is 16.7 Å². The van der Waals surface area contributed by atoms with Crippen molar-refractivity contribution in [1.29, 1.82) is 0 Å². The zero-order valence-electron chi connectivity index (χ0n) is 25.9. The number of carboxylic acids is 1. The molecule has 3 nitrogen and oxygen atoms in total. The van der Waals surface area contributed by atoms with Crippen molar-refractivity contribution in [2.24, 2.45) is 0 Å². The van der Waals surface area contributed by atoms with Gasteiger partial charge in [-0.25, -0.2) is 4.79 Å². The third-order valence-electron chi connectivity index (χ3n) is 7.26. The van der Waals surface area contributed by atoms with Gasteiger partial charge in [0, 0.05) is 16.7 Å². The van der Waals surface area contributed by atoms with Gasteiger partial charge in [0.1, 0.15) is 5.75 Å². The van der Waals surface area contributed by atoms with Crippen molar-refractivity contribution in [3.8, 4) is 16.9 Å². The first kappa shape index (κ1) is 30.9. The number of phenols is 1. The van der Waals surface area contributed by atoms with Crippen molar-refractivity contribution >= 4 is 5.97 Å². The summed E-state index contributed by atoms with van der Waals surface area (Å²) in [6, 6.07) is 6.04. The van der Waals surface area contributed by atoms with Gasteiger partial charge in [0.05, 0.1) is 5.56 Å². The number of benzene rings is 2. The van der Waals surface area contributed by atoms with Crippen LogP contribution in [0.3, 0.4) is 0 Å². The normalized spacial score (nSPS) is 13.2. The maximum absolute atomic E-state index is 12.9. The molecule has 0 radical (unpaired) electrons. The van der Waals surface area contributed by atoms with Crippen molar-refractivity contribution in [2.75, 3.05) is 0 Å². The van der Waals surface area contributed by atoms with Crippen LogP contribution in [0.5, 0.6) is 5.75 Å². The van der Waals surface area contributed by atoms with Gasteiger partial charge in [-0.15, -0.1) is 0 Å². The Bertz CT molecular complexity index is 1140. The van der Waals surface area contributed by atoms with E-state index < -0.39 is 16.8 Å². The first-order chi connectivity index (χ1) is 16.6. The van der Waals surface area contributed by atoms with Crippen LogP contribution in [0.15, 0.2) is 18.2 Å². The molecule has 0 amide bonds. The van der Waals surface area contributed by atoms with Crippen molar-refractivity contribution in [2.45, 2.75) is 137 Å². The molecule has 0 bridgehead atoms. The molecule has 0 spiro atoms. The molecule has 0 atom stereocenters.